The van der Waals surface area contributed by atoms with Crippen LogP contribution >= 0.6 is 0 Å². The van der Waals surface area contributed by atoms with Gasteiger partial charge in [-0.2, -0.15) is 0 Å². The van der Waals surface area contributed by atoms with Gasteiger partial charge in [0, 0.05) is 19.6 Å². The van der Waals surface area contributed by atoms with E-state index in [0.29, 0.717) is 38.4 Å². The van der Waals surface area contributed by atoms with Crippen LogP contribution in [0.3, 0.4) is 0 Å². The summed E-state index contributed by atoms with van der Waals surface area (Å²) in [5.74, 6) is 0.376. The maximum absolute atomic E-state index is 11.6. The van der Waals surface area contributed by atoms with Crippen molar-refractivity contribution in [1.82, 2.24) is 5.32 Å². The van der Waals surface area contributed by atoms with E-state index in [2.05, 4.69) is 5.32 Å². The van der Waals surface area contributed by atoms with Crippen LogP contribution in [0.4, 0.5) is 0 Å². The number of ether oxygens (including phenoxy) is 1. The summed E-state index contributed by atoms with van der Waals surface area (Å²) in [5.41, 5.74) is -0.440. The van der Waals surface area contributed by atoms with Crippen LogP contribution in [-0.2, 0) is 9.53 Å². The minimum absolute atomic E-state index is 0.000194. The van der Waals surface area contributed by atoms with Gasteiger partial charge >= 0.3 is 0 Å². The van der Waals surface area contributed by atoms with Crippen molar-refractivity contribution in [2.45, 2.75) is 38.6 Å². The molecule has 0 bridgehead atoms. The molecule has 1 aliphatic heterocycles. The van der Waals surface area contributed by atoms with Crippen molar-refractivity contribution in [1.29, 1.82) is 0 Å². The summed E-state index contributed by atoms with van der Waals surface area (Å²) in [6.45, 7) is 5.25. The molecule has 4 heteroatoms. The lowest BCUT2D eigenvalue weighted by atomic mass is 9.90. The maximum Gasteiger partial charge on any atom is 0.220 e. The lowest BCUT2D eigenvalue weighted by Gasteiger charge is -2.36. The summed E-state index contributed by atoms with van der Waals surface area (Å²) >= 11 is 0. The van der Waals surface area contributed by atoms with E-state index in [1.54, 1.807) is 0 Å². The average Bonchev–Trinajstić information content (AvgIpc) is 2.17. The smallest absolute Gasteiger partial charge is 0.220 e. The molecule has 0 atom stereocenters. The number of nitrogens with one attached hydrogen (secondary N) is 1. The minimum Gasteiger partial charge on any atom is -0.394 e. The highest BCUT2D eigenvalue weighted by atomic mass is 16.5. The first-order valence-electron chi connectivity index (χ1n) is 5.57. The van der Waals surface area contributed by atoms with Crippen LogP contribution in [0.2, 0.25) is 0 Å². The monoisotopic (exact) mass is 215 g/mol. The zero-order valence-corrected chi connectivity index (χ0v) is 9.58. The van der Waals surface area contributed by atoms with E-state index in [4.69, 9.17) is 4.74 Å². The summed E-state index contributed by atoms with van der Waals surface area (Å²) in [6, 6.07) is 0. The van der Waals surface area contributed by atoms with Crippen LogP contribution in [0.5, 0.6) is 0 Å². The van der Waals surface area contributed by atoms with Gasteiger partial charge in [0.2, 0.25) is 5.91 Å². The molecule has 1 heterocycles. The second-order valence-corrected chi connectivity index (χ2v) is 4.70. The van der Waals surface area contributed by atoms with Gasteiger partial charge in [0.15, 0.2) is 0 Å². The Kier molecular flexibility index (Phi) is 4.54. The first kappa shape index (κ1) is 12.5. The number of carbonyl (C=O) groups is 1. The molecule has 88 valence electrons. The molecule has 0 aromatic carbocycles. The summed E-state index contributed by atoms with van der Waals surface area (Å²) in [6.07, 6.45) is 1.92. The Hall–Kier alpha value is -0.610. The van der Waals surface area contributed by atoms with Crippen molar-refractivity contribution >= 4 is 5.91 Å². The molecule has 0 aromatic rings. The van der Waals surface area contributed by atoms with Crippen molar-refractivity contribution in [2.75, 3.05) is 19.8 Å². The van der Waals surface area contributed by atoms with Crippen molar-refractivity contribution in [3.05, 3.63) is 0 Å². The fraction of sp³-hybridized carbons (Fsp3) is 0.909. The van der Waals surface area contributed by atoms with E-state index in [1.165, 1.54) is 0 Å². The lowest BCUT2D eigenvalue weighted by molar-refractivity contribution is -0.126. The third-order valence-corrected chi connectivity index (χ3v) is 2.75. The molecule has 0 aromatic heterocycles. The van der Waals surface area contributed by atoms with E-state index in [9.17, 15) is 9.90 Å². The molecular weight excluding hydrogens is 194 g/mol. The molecule has 15 heavy (non-hydrogen) atoms. The normalized spacial score (nSPS) is 20.3. The van der Waals surface area contributed by atoms with E-state index in [-0.39, 0.29) is 12.5 Å². The highest BCUT2D eigenvalue weighted by molar-refractivity contribution is 5.77. The molecule has 0 spiro atoms. The van der Waals surface area contributed by atoms with Gasteiger partial charge in [-0.15, -0.1) is 0 Å². The number of amides is 1. The van der Waals surface area contributed by atoms with Crippen LogP contribution in [0.25, 0.3) is 0 Å². The molecule has 1 rings (SSSR count). The van der Waals surface area contributed by atoms with Gasteiger partial charge in [-0.05, 0) is 18.8 Å². The molecule has 0 aliphatic carbocycles. The molecule has 1 aliphatic rings. The fourth-order valence-electron chi connectivity index (χ4n) is 1.80. The molecular formula is C11H21NO3. The molecule has 4 nitrogen and oxygen atoms in total. The summed E-state index contributed by atoms with van der Waals surface area (Å²) in [5, 5.41) is 12.3. The summed E-state index contributed by atoms with van der Waals surface area (Å²) < 4.78 is 5.23. The zero-order valence-electron chi connectivity index (χ0n) is 9.58. The number of carbonyl (C=O) groups excluding carboxylic acids is 1. The number of rotatable bonds is 4. The fourth-order valence-corrected chi connectivity index (χ4v) is 1.80. The number of hydrogen-bond donors (Lipinski definition) is 2. The Balaban J connectivity index is 2.47. The van der Waals surface area contributed by atoms with E-state index in [0.717, 1.165) is 0 Å². The molecule has 2 N–H and O–H groups in total. The summed E-state index contributed by atoms with van der Waals surface area (Å²) in [4.78, 5) is 11.6. The number of aliphatic hydroxyl groups is 1. The molecule has 1 saturated heterocycles. The number of aliphatic hydroxyl groups excluding tert-OH is 1. The quantitative estimate of drug-likeness (QED) is 0.725. The van der Waals surface area contributed by atoms with Crippen LogP contribution in [0, 0.1) is 5.92 Å². The van der Waals surface area contributed by atoms with Crippen molar-refractivity contribution in [2.24, 2.45) is 5.92 Å². The largest absolute Gasteiger partial charge is 0.394 e. The van der Waals surface area contributed by atoms with Gasteiger partial charge in [0.25, 0.3) is 0 Å². The van der Waals surface area contributed by atoms with Gasteiger partial charge < -0.3 is 15.2 Å². The minimum atomic E-state index is -0.440. The Morgan fingerprint density at radius 1 is 1.47 bits per heavy atom. The molecule has 0 saturated carbocycles. The van der Waals surface area contributed by atoms with Crippen LogP contribution in [0.15, 0.2) is 0 Å². The Labute approximate surface area is 91.0 Å². The van der Waals surface area contributed by atoms with Gasteiger partial charge in [-0.1, -0.05) is 13.8 Å². The molecule has 1 amide bonds. The second-order valence-electron chi connectivity index (χ2n) is 4.70. The Morgan fingerprint density at radius 2 is 2.07 bits per heavy atom. The Morgan fingerprint density at radius 3 is 2.53 bits per heavy atom. The van der Waals surface area contributed by atoms with Crippen LogP contribution in [-0.4, -0.2) is 36.4 Å². The molecule has 1 fully saturated rings. The predicted octanol–water partition coefficient (Wildman–Crippen LogP) is 0.690. The zero-order chi connectivity index (χ0) is 11.3. The highest BCUT2D eigenvalue weighted by Crippen LogP contribution is 2.20. The SMILES string of the molecule is CC(C)CC(=O)NC1(CO)CCOCC1. The highest BCUT2D eigenvalue weighted by Gasteiger charge is 2.33. The topological polar surface area (TPSA) is 58.6 Å². The first-order chi connectivity index (χ1) is 7.08. The first-order valence-corrected chi connectivity index (χ1v) is 5.57. The van der Waals surface area contributed by atoms with Crippen molar-refractivity contribution in [3.63, 3.8) is 0 Å². The van der Waals surface area contributed by atoms with Gasteiger partial charge in [0.1, 0.15) is 0 Å². The molecule has 0 radical (unpaired) electrons. The Bertz CT molecular complexity index is 210. The standard InChI is InChI=1S/C11H21NO3/c1-9(2)7-10(14)12-11(8-13)3-5-15-6-4-11/h9,13H,3-8H2,1-2H3,(H,12,14). The predicted molar refractivity (Wildman–Crippen MR) is 57.5 cm³/mol. The maximum atomic E-state index is 11.6. The van der Waals surface area contributed by atoms with Crippen molar-refractivity contribution in [3.8, 4) is 0 Å². The van der Waals surface area contributed by atoms with Gasteiger partial charge in [0.05, 0.1) is 12.1 Å². The van der Waals surface area contributed by atoms with Gasteiger partial charge in [-0.25, -0.2) is 0 Å². The third kappa shape index (κ3) is 3.80. The van der Waals surface area contributed by atoms with Crippen LogP contribution in [0.1, 0.15) is 33.1 Å². The second kappa shape index (κ2) is 5.47. The summed E-state index contributed by atoms with van der Waals surface area (Å²) in [7, 11) is 0. The van der Waals surface area contributed by atoms with Crippen molar-refractivity contribution < 1.29 is 14.6 Å². The number of hydrogen-bond acceptors (Lipinski definition) is 3. The van der Waals surface area contributed by atoms with Gasteiger partial charge in [-0.3, -0.25) is 4.79 Å². The van der Waals surface area contributed by atoms with E-state index in [1.807, 2.05) is 13.8 Å². The van der Waals surface area contributed by atoms with E-state index >= 15 is 0 Å². The average molecular weight is 215 g/mol. The molecule has 0 unspecified atom stereocenters. The van der Waals surface area contributed by atoms with E-state index < -0.39 is 5.54 Å². The third-order valence-electron chi connectivity index (χ3n) is 2.75. The van der Waals surface area contributed by atoms with Crippen LogP contribution < -0.4 is 5.32 Å². The lowest BCUT2D eigenvalue weighted by Crippen LogP contribution is -2.54.